The van der Waals surface area contributed by atoms with E-state index >= 15 is 0 Å². The summed E-state index contributed by atoms with van der Waals surface area (Å²) in [6.07, 6.45) is 1.76. The summed E-state index contributed by atoms with van der Waals surface area (Å²) in [5.74, 6) is -0.429. The Balaban J connectivity index is 2.08. The van der Waals surface area contributed by atoms with E-state index in [1.165, 1.54) is 6.92 Å². The second kappa shape index (κ2) is 6.53. The molecule has 0 aliphatic carbocycles. The summed E-state index contributed by atoms with van der Waals surface area (Å²) in [6, 6.07) is 6.87. The molecule has 0 saturated carbocycles. The van der Waals surface area contributed by atoms with Crippen molar-refractivity contribution in [3.63, 3.8) is 0 Å². The van der Waals surface area contributed by atoms with Crippen molar-refractivity contribution in [3.05, 3.63) is 40.6 Å². The Kier molecular flexibility index (Phi) is 4.74. The molecule has 2 amide bonds. The molecule has 1 heterocycles. The summed E-state index contributed by atoms with van der Waals surface area (Å²) >= 11 is 3.32. The van der Waals surface area contributed by atoms with Gasteiger partial charge in [0.1, 0.15) is 0 Å². The van der Waals surface area contributed by atoms with Gasteiger partial charge < -0.3 is 10.6 Å². The highest BCUT2D eigenvalue weighted by Gasteiger charge is 2.15. The Morgan fingerprint density at radius 1 is 1.19 bits per heavy atom. The predicted molar refractivity (Wildman–Crippen MR) is 84.3 cm³/mol. The Hall–Kier alpha value is -2.15. The quantitative estimate of drug-likeness (QED) is 0.889. The molecule has 110 valence electrons. The first kappa shape index (κ1) is 15.2. The number of nitrogens with one attached hydrogen (secondary N) is 2. The molecule has 2 rings (SSSR count). The van der Waals surface area contributed by atoms with Crippen LogP contribution in [0.5, 0.6) is 0 Å². The topological polar surface area (TPSA) is 76.0 Å². The second-order valence-corrected chi connectivity index (χ2v) is 5.25. The monoisotopic (exact) mass is 350 g/mol. The van der Waals surface area contributed by atoms with Crippen molar-refractivity contribution in [2.24, 2.45) is 0 Å². The van der Waals surface area contributed by atoms with E-state index in [4.69, 9.17) is 0 Å². The van der Waals surface area contributed by atoms with Crippen molar-refractivity contribution < 1.29 is 9.59 Å². The molecular formula is C14H15BrN4O2. The summed E-state index contributed by atoms with van der Waals surface area (Å²) in [5, 5.41) is 9.60. The Morgan fingerprint density at radius 3 is 2.24 bits per heavy atom. The molecule has 6 nitrogen and oxygen atoms in total. The van der Waals surface area contributed by atoms with Gasteiger partial charge >= 0.3 is 0 Å². The third-order valence-electron chi connectivity index (χ3n) is 2.72. The van der Waals surface area contributed by atoms with Crippen LogP contribution < -0.4 is 10.6 Å². The number of carbonyl (C=O) groups is 2. The molecule has 0 aliphatic rings. The number of hydrogen-bond acceptors (Lipinski definition) is 3. The lowest BCUT2D eigenvalue weighted by atomic mass is 10.2. The molecular weight excluding hydrogens is 336 g/mol. The van der Waals surface area contributed by atoms with Crippen LogP contribution in [-0.4, -0.2) is 21.6 Å². The van der Waals surface area contributed by atoms with Gasteiger partial charge in [0, 0.05) is 31.0 Å². The normalized spacial score (nSPS) is 10.2. The highest BCUT2D eigenvalue weighted by atomic mass is 79.9. The second-order valence-electron chi connectivity index (χ2n) is 4.39. The molecule has 0 fully saturated rings. The van der Waals surface area contributed by atoms with E-state index in [9.17, 15) is 9.59 Å². The number of hydrogen-bond donors (Lipinski definition) is 2. The van der Waals surface area contributed by atoms with E-state index in [0.29, 0.717) is 28.1 Å². The lowest BCUT2D eigenvalue weighted by Crippen LogP contribution is -2.14. The molecule has 7 heteroatoms. The number of amides is 2. The van der Waals surface area contributed by atoms with Gasteiger partial charge in [0.25, 0.3) is 5.91 Å². The van der Waals surface area contributed by atoms with Crippen LogP contribution in [0.1, 0.15) is 24.3 Å². The predicted octanol–water partition coefficient (Wildman–Crippen LogP) is 2.88. The smallest absolute Gasteiger partial charge is 0.277 e. The van der Waals surface area contributed by atoms with Gasteiger partial charge in [-0.25, -0.2) is 0 Å². The zero-order valence-electron chi connectivity index (χ0n) is 11.7. The van der Waals surface area contributed by atoms with Gasteiger partial charge in [-0.05, 0) is 47.1 Å². The van der Waals surface area contributed by atoms with Crippen molar-refractivity contribution in [3.8, 4) is 0 Å². The maximum absolute atomic E-state index is 12.1. The molecule has 0 saturated heterocycles. The molecule has 2 N–H and O–H groups in total. The van der Waals surface area contributed by atoms with E-state index in [1.807, 2.05) is 6.92 Å². The summed E-state index contributed by atoms with van der Waals surface area (Å²) in [4.78, 5) is 23.1. The van der Waals surface area contributed by atoms with E-state index in [2.05, 4.69) is 31.7 Å². The van der Waals surface area contributed by atoms with Crippen LogP contribution in [0.15, 0.2) is 34.9 Å². The number of anilines is 2. The third-order valence-corrected chi connectivity index (χ3v) is 3.30. The average molecular weight is 351 g/mol. The summed E-state index contributed by atoms with van der Waals surface area (Å²) in [6.45, 7) is 4.08. The largest absolute Gasteiger partial charge is 0.326 e. The minimum Gasteiger partial charge on any atom is -0.326 e. The number of benzene rings is 1. The number of rotatable bonds is 4. The van der Waals surface area contributed by atoms with Gasteiger partial charge in [0.05, 0.1) is 4.47 Å². The number of halogens is 1. The van der Waals surface area contributed by atoms with E-state index < -0.39 is 0 Å². The van der Waals surface area contributed by atoms with Crippen LogP contribution in [0.2, 0.25) is 0 Å². The average Bonchev–Trinajstić information content (AvgIpc) is 2.82. The molecule has 21 heavy (non-hydrogen) atoms. The van der Waals surface area contributed by atoms with Crippen LogP contribution >= 0.6 is 15.9 Å². The van der Waals surface area contributed by atoms with Crippen molar-refractivity contribution in [1.82, 2.24) is 9.78 Å². The van der Waals surface area contributed by atoms with E-state index in [-0.39, 0.29) is 11.8 Å². The maximum Gasteiger partial charge on any atom is 0.277 e. The van der Waals surface area contributed by atoms with E-state index in [0.717, 1.165) is 0 Å². The number of nitrogens with zero attached hydrogens (tertiary/aromatic N) is 2. The van der Waals surface area contributed by atoms with Crippen molar-refractivity contribution in [2.45, 2.75) is 20.4 Å². The number of aryl methyl sites for hydroxylation is 1. The van der Waals surface area contributed by atoms with Gasteiger partial charge in [0.2, 0.25) is 5.91 Å². The number of aromatic nitrogens is 2. The summed E-state index contributed by atoms with van der Waals surface area (Å²) in [7, 11) is 0. The van der Waals surface area contributed by atoms with Crippen molar-refractivity contribution >= 4 is 39.1 Å². The third kappa shape index (κ3) is 3.91. The fraction of sp³-hybridized carbons (Fsp3) is 0.214. The van der Waals surface area contributed by atoms with Crippen LogP contribution in [0.4, 0.5) is 11.4 Å². The van der Waals surface area contributed by atoms with E-state index in [1.54, 1.807) is 35.1 Å². The molecule has 2 aromatic rings. The molecule has 1 aromatic heterocycles. The highest BCUT2D eigenvalue weighted by Crippen LogP contribution is 2.18. The standard InChI is InChI=1S/C14H15BrN4O2/c1-3-19-8-12(15)13(18-19)14(21)17-11-6-4-10(5-7-11)16-9(2)20/h4-8H,3H2,1-2H3,(H,16,20)(H,17,21). The molecule has 0 atom stereocenters. The molecule has 0 aliphatic heterocycles. The first-order valence-corrected chi connectivity index (χ1v) is 7.21. The lowest BCUT2D eigenvalue weighted by molar-refractivity contribution is -0.114. The minimum atomic E-state index is -0.290. The van der Waals surface area contributed by atoms with Gasteiger partial charge in [-0.3, -0.25) is 14.3 Å². The molecule has 0 radical (unpaired) electrons. The van der Waals surface area contributed by atoms with Gasteiger partial charge in [0.15, 0.2) is 5.69 Å². The summed E-state index contributed by atoms with van der Waals surface area (Å²) < 4.78 is 2.33. The van der Waals surface area contributed by atoms with Crippen LogP contribution in [0.3, 0.4) is 0 Å². The Morgan fingerprint density at radius 2 is 1.76 bits per heavy atom. The Bertz CT molecular complexity index is 664. The van der Waals surface area contributed by atoms with Gasteiger partial charge in [-0.1, -0.05) is 0 Å². The molecule has 0 unspecified atom stereocenters. The lowest BCUT2D eigenvalue weighted by Gasteiger charge is -2.06. The van der Waals surface area contributed by atoms with Crippen LogP contribution in [0, 0.1) is 0 Å². The fourth-order valence-corrected chi connectivity index (χ4v) is 2.24. The van der Waals surface area contributed by atoms with Crippen molar-refractivity contribution in [1.29, 1.82) is 0 Å². The molecule has 0 bridgehead atoms. The van der Waals surface area contributed by atoms with Crippen LogP contribution in [-0.2, 0) is 11.3 Å². The first-order chi connectivity index (χ1) is 9.99. The fourth-order valence-electron chi connectivity index (χ4n) is 1.74. The van der Waals surface area contributed by atoms with Gasteiger partial charge in [-0.15, -0.1) is 0 Å². The highest BCUT2D eigenvalue weighted by molar-refractivity contribution is 9.10. The maximum atomic E-state index is 12.1. The summed E-state index contributed by atoms with van der Waals surface area (Å²) in [5.41, 5.74) is 1.65. The minimum absolute atomic E-state index is 0.138. The zero-order chi connectivity index (χ0) is 15.4. The first-order valence-electron chi connectivity index (χ1n) is 6.41. The molecule has 0 spiro atoms. The zero-order valence-corrected chi connectivity index (χ0v) is 13.3. The van der Waals surface area contributed by atoms with Gasteiger partial charge in [-0.2, -0.15) is 5.10 Å². The number of carbonyl (C=O) groups excluding carboxylic acids is 2. The Labute approximate surface area is 130 Å². The molecule has 1 aromatic carbocycles. The SMILES string of the molecule is CCn1cc(Br)c(C(=O)Nc2ccc(NC(C)=O)cc2)n1. The van der Waals surface area contributed by atoms with Crippen LogP contribution in [0.25, 0.3) is 0 Å². The van der Waals surface area contributed by atoms with Crippen molar-refractivity contribution in [2.75, 3.05) is 10.6 Å².